The van der Waals surface area contributed by atoms with E-state index in [0.717, 1.165) is 10.8 Å². The first kappa shape index (κ1) is 8.37. The van der Waals surface area contributed by atoms with Gasteiger partial charge in [-0.1, -0.05) is 13.8 Å². The Morgan fingerprint density at radius 3 is 2.77 bits per heavy atom. The predicted octanol–water partition coefficient (Wildman–Crippen LogP) is 2.05. The van der Waals surface area contributed by atoms with Gasteiger partial charge < -0.3 is 0 Å². The molecule has 68 valence electrons. The summed E-state index contributed by atoms with van der Waals surface area (Å²) in [6.07, 6.45) is 3.39. The maximum atomic E-state index is 4.26. The van der Waals surface area contributed by atoms with E-state index in [2.05, 4.69) is 34.0 Å². The van der Waals surface area contributed by atoms with E-state index < -0.39 is 0 Å². The lowest BCUT2D eigenvalue weighted by molar-refractivity contribution is 0.885. The monoisotopic (exact) mass is 194 g/mol. The van der Waals surface area contributed by atoms with E-state index in [1.807, 2.05) is 6.20 Å². The molecule has 13 heavy (non-hydrogen) atoms. The van der Waals surface area contributed by atoms with Crippen LogP contribution in [0.5, 0.6) is 0 Å². The fraction of sp³-hybridized carbons (Fsp3) is 0.375. The van der Waals surface area contributed by atoms with Gasteiger partial charge in [0.25, 0.3) is 0 Å². The number of aromatic nitrogens is 4. The first-order chi connectivity index (χ1) is 6.27. The van der Waals surface area contributed by atoms with Crippen molar-refractivity contribution in [2.24, 2.45) is 0 Å². The fourth-order valence-electron chi connectivity index (χ4n) is 0.972. The fourth-order valence-corrected chi connectivity index (χ4v) is 1.84. The lowest BCUT2D eigenvalue weighted by atomic mass is 10.2. The summed E-state index contributed by atoms with van der Waals surface area (Å²) >= 11 is 1.65. The average Bonchev–Trinajstić information content (AvgIpc) is 2.75. The lowest BCUT2D eigenvalue weighted by Gasteiger charge is -1.95. The Morgan fingerprint density at radius 2 is 2.23 bits per heavy atom. The van der Waals surface area contributed by atoms with Crippen LogP contribution in [0, 0.1) is 0 Å². The van der Waals surface area contributed by atoms with E-state index in [4.69, 9.17) is 0 Å². The van der Waals surface area contributed by atoms with Crippen LogP contribution in [0.15, 0.2) is 12.5 Å². The molecule has 0 spiro atoms. The second kappa shape index (κ2) is 3.26. The number of rotatable bonds is 2. The molecular formula is C8H10N4S. The number of hydrogen-bond donors (Lipinski definition) is 1. The van der Waals surface area contributed by atoms with Crippen LogP contribution in [0.3, 0.4) is 0 Å². The summed E-state index contributed by atoms with van der Waals surface area (Å²) < 4.78 is 0. The highest BCUT2D eigenvalue weighted by atomic mass is 32.1. The molecule has 2 aromatic rings. The van der Waals surface area contributed by atoms with Crippen molar-refractivity contribution >= 4 is 11.3 Å². The van der Waals surface area contributed by atoms with Crippen molar-refractivity contribution in [2.75, 3.05) is 0 Å². The first-order valence-corrected chi connectivity index (χ1v) is 4.90. The summed E-state index contributed by atoms with van der Waals surface area (Å²) in [5.41, 5.74) is 0. The lowest BCUT2D eigenvalue weighted by Crippen LogP contribution is -1.77. The smallest absolute Gasteiger partial charge is 0.184 e. The van der Waals surface area contributed by atoms with Gasteiger partial charge in [0.1, 0.15) is 6.33 Å². The molecule has 0 aliphatic heterocycles. The molecule has 5 heteroatoms. The van der Waals surface area contributed by atoms with Gasteiger partial charge in [-0.15, -0.1) is 11.3 Å². The highest BCUT2D eigenvalue weighted by Gasteiger charge is 2.08. The Morgan fingerprint density at radius 1 is 1.38 bits per heavy atom. The van der Waals surface area contributed by atoms with Crippen molar-refractivity contribution in [1.29, 1.82) is 0 Å². The first-order valence-electron chi connectivity index (χ1n) is 4.09. The summed E-state index contributed by atoms with van der Waals surface area (Å²) in [7, 11) is 0. The third-order valence-corrected chi connectivity index (χ3v) is 3.01. The normalized spacial score (nSPS) is 11.0. The SMILES string of the molecule is CC(C)c1cnc(-c2ncn[nH]2)s1. The third-order valence-electron chi connectivity index (χ3n) is 1.71. The molecule has 2 rings (SSSR count). The topological polar surface area (TPSA) is 54.5 Å². The average molecular weight is 194 g/mol. The van der Waals surface area contributed by atoms with Gasteiger partial charge in [-0.2, -0.15) is 5.10 Å². The molecule has 0 saturated heterocycles. The highest BCUT2D eigenvalue weighted by Crippen LogP contribution is 2.26. The van der Waals surface area contributed by atoms with Crippen molar-refractivity contribution in [3.05, 3.63) is 17.4 Å². The molecule has 0 aliphatic rings. The number of thiazole rings is 1. The van der Waals surface area contributed by atoms with E-state index >= 15 is 0 Å². The standard InChI is InChI=1S/C8H10N4S/c1-5(2)6-3-9-8(13-6)7-10-4-11-12-7/h3-5H,1-2H3,(H,10,11,12). The summed E-state index contributed by atoms with van der Waals surface area (Å²) in [4.78, 5) is 9.57. The predicted molar refractivity (Wildman–Crippen MR) is 51.6 cm³/mol. The van der Waals surface area contributed by atoms with Crippen LogP contribution in [0.2, 0.25) is 0 Å². The summed E-state index contributed by atoms with van der Waals surface area (Å²) in [6.45, 7) is 4.30. The van der Waals surface area contributed by atoms with Gasteiger partial charge in [0.15, 0.2) is 10.8 Å². The van der Waals surface area contributed by atoms with Crippen LogP contribution >= 0.6 is 11.3 Å². The van der Waals surface area contributed by atoms with E-state index in [-0.39, 0.29) is 0 Å². The number of nitrogens with zero attached hydrogens (tertiary/aromatic N) is 3. The Hall–Kier alpha value is -1.23. The van der Waals surface area contributed by atoms with Gasteiger partial charge in [0.2, 0.25) is 0 Å². The summed E-state index contributed by atoms with van der Waals surface area (Å²) in [5.74, 6) is 1.27. The molecule has 0 aliphatic carbocycles. The van der Waals surface area contributed by atoms with Crippen LogP contribution in [0.1, 0.15) is 24.6 Å². The molecule has 2 heterocycles. The van der Waals surface area contributed by atoms with Gasteiger partial charge in [-0.25, -0.2) is 9.97 Å². The largest absolute Gasteiger partial charge is 0.257 e. The molecule has 0 bridgehead atoms. The highest BCUT2D eigenvalue weighted by molar-refractivity contribution is 7.15. The molecule has 0 unspecified atom stereocenters. The molecule has 0 amide bonds. The second-order valence-corrected chi connectivity index (χ2v) is 4.12. The third kappa shape index (κ3) is 1.60. The minimum Gasteiger partial charge on any atom is -0.257 e. The van der Waals surface area contributed by atoms with E-state index in [1.165, 1.54) is 11.2 Å². The summed E-state index contributed by atoms with van der Waals surface area (Å²) in [6, 6.07) is 0. The van der Waals surface area contributed by atoms with Gasteiger partial charge in [0, 0.05) is 11.1 Å². The zero-order chi connectivity index (χ0) is 9.26. The van der Waals surface area contributed by atoms with Gasteiger partial charge >= 0.3 is 0 Å². The van der Waals surface area contributed by atoms with Crippen LogP contribution in [0.4, 0.5) is 0 Å². The van der Waals surface area contributed by atoms with E-state index in [0.29, 0.717) is 5.92 Å². The van der Waals surface area contributed by atoms with Crippen LogP contribution in [0.25, 0.3) is 10.8 Å². The Bertz CT molecular complexity index is 377. The molecule has 1 N–H and O–H groups in total. The van der Waals surface area contributed by atoms with Crippen molar-refractivity contribution < 1.29 is 0 Å². The Balaban J connectivity index is 2.33. The van der Waals surface area contributed by atoms with Crippen molar-refractivity contribution in [3.8, 4) is 10.8 Å². The van der Waals surface area contributed by atoms with Crippen LogP contribution in [-0.2, 0) is 0 Å². The van der Waals surface area contributed by atoms with E-state index in [1.54, 1.807) is 11.3 Å². The summed E-state index contributed by atoms with van der Waals surface area (Å²) in [5, 5.41) is 7.48. The van der Waals surface area contributed by atoms with Crippen molar-refractivity contribution in [1.82, 2.24) is 20.2 Å². The zero-order valence-electron chi connectivity index (χ0n) is 7.48. The molecule has 0 fully saturated rings. The molecule has 0 radical (unpaired) electrons. The minimum absolute atomic E-state index is 0.522. The van der Waals surface area contributed by atoms with Gasteiger partial charge in [-0.3, -0.25) is 5.10 Å². The molecule has 0 saturated carbocycles. The molecular weight excluding hydrogens is 184 g/mol. The number of hydrogen-bond acceptors (Lipinski definition) is 4. The zero-order valence-corrected chi connectivity index (χ0v) is 8.30. The quantitative estimate of drug-likeness (QED) is 0.796. The molecule has 4 nitrogen and oxygen atoms in total. The van der Waals surface area contributed by atoms with Gasteiger partial charge in [0.05, 0.1) is 0 Å². The van der Waals surface area contributed by atoms with Crippen molar-refractivity contribution in [3.63, 3.8) is 0 Å². The molecule has 0 atom stereocenters. The maximum Gasteiger partial charge on any atom is 0.184 e. The number of nitrogens with one attached hydrogen (secondary N) is 1. The number of aromatic amines is 1. The Kier molecular flexibility index (Phi) is 2.10. The Labute approximate surface area is 80.1 Å². The minimum atomic E-state index is 0.522. The number of H-pyrrole nitrogens is 1. The maximum absolute atomic E-state index is 4.26. The molecule has 2 aromatic heterocycles. The molecule has 0 aromatic carbocycles. The van der Waals surface area contributed by atoms with E-state index in [9.17, 15) is 0 Å². The second-order valence-electron chi connectivity index (χ2n) is 3.06. The van der Waals surface area contributed by atoms with Gasteiger partial charge in [-0.05, 0) is 5.92 Å². The van der Waals surface area contributed by atoms with Crippen molar-refractivity contribution in [2.45, 2.75) is 19.8 Å². The van der Waals surface area contributed by atoms with Crippen LogP contribution in [-0.4, -0.2) is 20.2 Å². The van der Waals surface area contributed by atoms with Crippen LogP contribution < -0.4 is 0 Å².